The first kappa shape index (κ1) is 12.2. The normalized spacial score (nSPS) is 16.1. The summed E-state index contributed by atoms with van der Waals surface area (Å²) in [5.41, 5.74) is 2.41. The van der Waals surface area contributed by atoms with Crippen molar-refractivity contribution in [3.63, 3.8) is 0 Å². The summed E-state index contributed by atoms with van der Waals surface area (Å²) >= 11 is 0. The molecule has 2 rings (SSSR count). The van der Waals surface area contributed by atoms with Gasteiger partial charge in [0.25, 0.3) is 0 Å². The maximum atomic E-state index is 11.3. The molecule has 1 fully saturated rings. The van der Waals surface area contributed by atoms with E-state index in [4.69, 9.17) is 4.74 Å². The van der Waals surface area contributed by atoms with E-state index in [2.05, 4.69) is 12.1 Å². The van der Waals surface area contributed by atoms with Gasteiger partial charge in [-0.25, -0.2) is 0 Å². The van der Waals surface area contributed by atoms with Crippen molar-refractivity contribution in [3.8, 4) is 5.75 Å². The van der Waals surface area contributed by atoms with Crippen LogP contribution in [0.5, 0.6) is 5.75 Å². The average molecular weight is 232 g/mol. The summed E-state index contributed by atoms with van der Waals surface area (Å²) in [4.78, 5) is 11.3. The molecule has 1 aromatic rings. The third kappa shape index (κ3) is 2.87. The van der Waals surface area contributed by atoms with Crippen molar-refractivity contribution in [2.24, 2.45) is 0 Å². The maximum absolute atomic E-state index is 11.3. The summed E-state index contributed by atoms with van der Waals surface area (Å²) in [7, 11) is 1.66. The van der Waals surface area contributed by atoms with Crippen LogP contribution in [0, 0.1) is 0 Å². The van der Waals surface area contributed by atoms with Crippen molar-refractivity contribution < 1.29 is 9.53 Å². The number of methoxy groups -OCH3 is 1. The lowest BCUT2D eigenvalue weighted by atomic mass is 9.94. The molecule has 0 radical (unpaired) electrons. The lowest BCUT2D eigenvalue weighted by Crippen LogP contribution is -2.02. The molecule has 1 saturated carbocycles. The Labute approximate surface area is 103 Å². The van der Waals surface area contributed by atoms with Crippen molar-refractivity contribution in [1.29, 1.82) is 0 Å². The van der Waals surface area contributed by atoms with Crippen LogP contribution < -0.4 is 4.74 Å². The van der Waals surface area contributed by atoms with E-state index in [1.165, 1.54) is 31.2 Å². The van der Waals surface area contributed by atoms with Crippen LogP contribution in [0.3, 0.4) is 0 Å². The molecule has 0 heterocycles. The second-order valence-corrected chi connectivity index (χ2v) is 4.93. The first-order chi connectivity index (χ1) is 8.20. The molecule has 0 bridgehead atoms. The quantitative estimate of drug-likeness (QED) is 0.794. The molecule has 0 aliphatic heterocycles. The molecular formula is C15H20O2. The molecule has 0 atom stereocenters. The number of Topliss-reactive ketones (excluding diaryl/α,β-unsaturated/α-hetero) is 1. The topological polar surface area (TPSA) is 26.3 Å². The van der Waals surface area contributed by atoms with Gasteiger partial charge in [-0.2, -0.15) is 0 Å². The maximum Gasteiger partial charge on any atom is 0.134 e. The zero-order valence-corrected chi connectivity index (χ0v) is 10.7. The number of carbonyl (C=O) groups excluding carboxylic acids is 1. The van der Waals surface area contributed by atoms with Crippen LogP contribution in [0.1, 0.15) is 49.7 Å². The smallest absolute Gasteiger partial charge is 0.134 e. The summed E-state index contributed by atoms with van der Waals surface area (Å²) < 4.78 is 5.31. The molecule has 1 aromatic carbocycles. The Morgan fingerprint density at radius 2 is 2.06 bits per heavy atom. The molecule has 1 aliphatic carbocycles. The Morgan fingerprint density at radius 3 is 2.65 bits per heavy atom. The molecule has 1 aliphatic rings. The van der Waals surface area contributed by atoms with E-state index in [0.717, 1.165) is 11.3 Å². The van der Waals surface area contributed by atoms with Gasteiger partial charge in [0.05, 0.1) is 7.11 Å². The molecule has 92 valence electrons. The van der Waals surface area contributed by atoms with E-state index in [1.807, 2.05) is 6.07 Å². The third-order valence-corrected chi connectivity index (χ3v) is 3.57. The van der Waals surface area contributed by atoms with Crippen LogP contribution in [0.25, 0.3) is 0 Å². The molecule has 0 unspecified atom stereocenters. The number of ether oxygens (including phenoxy) is 1. The predicted octanol–water partition coefficient (Wildman–Crippen LogP) is 3.48. The summed E-state index contributed by atoms with van der Waals surface area (Å²) in [6.45, 7) is 1.63. The molecule has 2 heteroatoms. The zero-order chi connectivity index (χ0) is 12.3. The fourth-order valence-electron chi connectivity index (χ4n) is 2.72. The largest absolute Gasteiger partial charge is 0.496 e. The number of rotatable bonds is 4. The summed E-state index contributed by atoms with van der Waals surface area (Å²) in [5, 5.41) is 0. The van der Waals surface area contributed by atoms with E-state index in [-0.39, 0.29) is 5.78 Å². The van der Waals surface area contributed by atoms with Crippen LogP contribution in [0.15, 0.2) is 18.2 Å². The lowest BCUT2D eigenvalue weighted by molar-refractivity contribution is -0.116. The van der Waals surface area contributed by atoms with Crippen molar-refractivity contribution in [2.45, 2.75) is 44.9 Å². The minimum Gasteiger partial charge on any atom is -0.496 e. The van der Waals surface area contributed by atoms with E-state index >= 15 is 0 Å². The van der Waals surface area contributed by atoms with Crippen LogP contribution in [-0.2, 0) is 11.2 Å². The third-order valence-electron chi connectivity index (χ3n) is 3.57. The molecule has 0 amide bonds. The van der Waals surface area contributed by atoms with Gasteiger partial charge in [0.1, 0.15) is 11.5 Å². The Kier molecular flexibility index (Phi) is 3.82. The summed E-state index contributed by atoms with van der Waals surface area (Å²) in [6.07, 6.45) is 5.71. The number of hydrogen-bond acceptors (Lipinski definition) is 2. The molecule has 0 saturated heterocycles. The molecule has 17 heavy (non-hydrogen) atoms. The second kappa shape index (κ2) is 5.35. The van der Waals surface area contributed by atoms with Crippen molar-refractivity contribution in [3.05, 3.63) is 29.3 Å². The van der Waals surface area contributed by atoms with E-state index in [1.54, 1.807) is 14.0 Å². The van der Waals surface area contributed by atoms with Gasteiger partial charge >= 0.3 is 0 Å². The highest BCUT2D eigenvalue weighted by Gasteiger charge is 2.18. The Hall–Kier alpha value is -1.31. The predicted molar refractivity (Wildman–Crippen MR) is 68.6 cm³/mol. The highest BCUT2D eigenvalue weighted by atomic mass is 16.5. The molecule has 0 spiro atoms. The fraction of sp³-hybridized carbons (Fsp3) is 0.533. The summed E-state index contributed by atoms with van der Waals surface area (Å²) in [6, 6.07) is 6.32. The van der Waals surface area contributed by atoms with Gasteiger partial charge in [-0.15, -0.1) is 0 Å². The number of carbonyl (C=O) groups is 1. The SMILES string of the molecule is COc1ccc(C2CCCC2)cc1CC(C)=O. The minimum absolute atomic E-state index is 0.187. The van der Waals surface area contributed by atoms with Crippen LogP contribution >= 0.6 is 0 Å². The van der Waals surface area contributed by atoms with Gasteiger partial charge in [0.2, 0.25) is 0 Å². The average Bonchev–Trinajstić information content (AvgIpc) is 2.81. The number of ketones is 1. The van der Waals surface area contributed by atoms with Gasteiger partial charge in [-0.3, -0.25) is 4.79 Å². The van der Waals surface area contributed by atoms with Crippen molar-refractivity contribution in [2.75, 3.05) is 7.11 Å². The van der Waals surface area contributed by atoms with Gasteiger partial charge in [0.15, 0.2) is 0 Å². The number of hydrogen-bond donors (Lipinski definition) is 0. The Morgan fingerprint density at radius 1 is 1.35 bits per heavy atom. The first-order valence-corrected chi connectivity index (χ1v) is 6.37. The lowest BCUT2D eigenvalue weighted by Gasteiger charge is -2.13. The van der Waals surface area contributed by atoms with Gasteiger partial charge in [-0.05, 0) is 37.3 Å². The second-order valence-electron chi connectivity index (χ2n) is 4.93. The standard InChI is InChI=1S/C15H20O2/c1-11(16)9-14-10-13(7-8-15(14)17-2)12-5-3-4-6-12/h7-8,10,12H,3-6,9H2,1-2H3. The van der Waals surface area contributed by atoms with Crippen LogP contribution in [0.4, 0.5) is 0 Å². The molecular weight excluding hydrogens is 212 g/mol. The number of benzene rings is 1. The zero-order valence-electron chi connectivity index (χ0n) is 10.7. The Balaban J connectivity index is 2.26. The van der Waals surface area contributed by atoms with E-state index in [0.29, 0.717) is 12.3 Å². The van der Waals surface area contributed by atoms with Gasteiger partial charge < -0.3 is 4.74 Å². The first-order valence-electron chi connectivity index (χ1n) is 6.37. The molecule has 2 nitrogen and oxygen atoms in total. The van der Waals surface area contributed by atoms with Gasteiger partial charge in [0, 0.05) is 12.0 Å². The van der Waals surface area contributed by atoms with E-state index in [9.17, 15) is 4.79 Å². The van der Waals surface area contributed by atoms with Gasteiger partial charge in [-0.1, -0.05) is 25.0 Å². The van der Waals surface area contributed by atoms with Crippen molar-refractivity contribution in [1.82, 2.24) is 0 Å². The van der Waals surface area contributed by atoms with E-state index < -0.39 is 0 Å². The monoisotopic (exact) mass is 232 g/mol. The van der Waals surface area contributed by atoms with Crippen molar-refractivity contribution >= 4 is 5.78 Å². The highest BCUT2D eigenvalue weighted by molar-refractivity contribution is 5.79. The fourth-order valence-corrected chi connectivity index (χ4v) is 2.72. The summed E-state index contributed by atoms with van der Waals surface area (Å²) in [5.74, 6) is 1.71. The molecule has 0 N–H and O–H groups in total. The minimum atomic E-state index is 0.187. The molecule has 0 aromatic heterocycles. The van der Waals surface area contributed by atoms with Crippen LogP contribution in [0.2, 0.25) is 0 Å². The Bertz CT molecular complexity index is 403. The van der Waals surface area contributed by atoms with Crippen LogP contribution in [-0.4, -0.2) is 12.9 Å². The highest BCUT2D eigenvalue weighted by Crippen LogP contribution is 2.35.